The molecule has 0 saturated carbocycles. The molecule has 1 unspecified atom stereocenters. The molecule has 0 aromatic heterocycles. The third-order valence-corrected chi connectivity index (χ3v) is 6.38. The van der Waals surface area contributed by atoms with E-state index in [-0.39, 0.29) is 0 Å². The Labute approximate surface area is 179 Å². The van der Waals surface area contributed by atoms with Gasteiger partial charge in [-0.2, -0.15) is 0 Å². The highest BCUT2D eigenvalue weighted by Crippen LogP contribution is 2.30. The highest BCUT2D eigenvalue weighted by atomic mass is 14.9. The van der Waals surface area contributed by atoms with E-state index in [1.54, 1.807) is 0 Å². The van der Waals surface area contributed by atoms with Crippen LogP contribution in [0, 0.1) is 19.8 Å². The summed E-state index contributed by atoms with van der Waals surface area (Å²) in [6.07, 6.45) is 6.14. The van der Waals surface area contributed by atoms with Crippen LogP contribution in [0.5, 0.6) is 0 Å². The fourth-order valence-electron chi connectivity index (χ4n) is 3.84. The van der Waals surface area contributed by atoms with E-state index in [0.29, 0.717) is 17.8 Å². The molecule has 0 aliphatic heterocycles. The Bertz CT molecular complexity index is 771. The van der Waals surface area contributed by atoms with Crippen molar-refractivity contribution in [1.82, 2.24) is 0 Å². The van der Waals surface area contributed by atoms with Gasteiger partial charge in [0.25, 0.3) is 0 Å². The van der Waals surface area contributed by atoms with E-state index in [0.717, 1.165) is 5.70 Å². The van der Waals surface area contributed by atoms with Gasteiger partial charge in [-0.15, -0.1) is 0 Å². The van der Waals surface area contributed by atoms with Crippen LogP contribution in [-0.4, -0.2) is 0 Å². The molecule has 0 fully saturated rings. The molecule has 2 aromatic carbocycles. The van der Waals surface area contributed by atoms with Gasteiger partial charge < -0.3 is 5.32 Å². The fourth-order valence-corrected chi connectivity index (χ4v) is 3.84. The molecular weight excluding hydrogens is 350 g/mol. The molecule has 29 heavy (non-hydrogen) atoms. The predicted octanol–water partition coefficient (Wildman–Crippen LogP) is 8.74. The zero-order chi connectivity index (χ0) is 21.4. The van der Waals surface area contributed by atoms with Gasteiger partial charge in [0.1, 0.15) is 0 Å². The molecule has 0 bridgehead atoms. The van der Waals surface area contributed by atoms with E-state index in [9.17, 15) is 0 Å². The Hall–Kier alpha value is -2.02. The summed E-state index contributed by atoms with van der Waals surface area (Å²) >= 11 is 0. The van der Waals surface area contributed by atoms with E-state index in [4.69, 9.17) is 0 Å². The lowest BCUT2D eigenvalue weighted by atomic mass is 9.88. The molecule has 0 aliphatic carbocycles. The summed E-state index contributed by atoms with van der Waals surface area (Å²) in [5.41, 5.74) is 7.87. The zero-order valence-electron chi connectivity index (χ0n) is 19.5. The van der Waals surface area contributed by atoms with Gasteiger partial charge >= 0.3 is 0 Å². The van der Waals surface area contributed by atoms with Crippen LogP contribution in [0.4, 0.5) is 5.69 Å². The van der Waals surface area contributed by atoms with Gasteiger partial charge in [0, 0.05) is 11.4 Å². The van der Waals surface area contributed by atoms with Gasteiger partial charge in [-0.05, 0) is 73.6 Å². The molecule has 1 N–H and O–H groups in total. The minimum Gasteiger partial charge on any atom is -0.359 e. The molecule has 0 saturated heterocycles. The number of nitrogens with one attached hydrogen (secondary N) is 1. The molecule has 2 aromatic rings. The summed E-state index contributed by atoms with van der Waals surface area (Å²) in [5.74, 6) is 1.69. The first-order valence-corrected chi connectivity index (χ1v) is 11.4. The van der Waals surface area contributed by atoms with E-state index in [2.05, 4.69) is 95.9 Å². The second kappa shape index (κ2) is 11.2. The van der Waals surface area contributed by atoms with Gasteiger partial charge in [-0.25, -0.2) is 0 Å². The minimum absolute atomic E-state index is 0.510. The molecule has 0 heterocycles. The lowest BCUT2D eigenvalue weighted by molar-refractivity contribution is 0.573. The van der Waals surface area contributed by atoms with Gasteiger partial charge in [-0.1, -0.05) is 89.1 Å². The first kappa shape index (κ1) is 23.3. The fraction of sp³-hybridized carbons (Fsp3) is 0.500. The number of anilines is 1. The van der Waals surface area contributed by atoms with Crippen molar-refractivity contribution in [2.24, 2.45) is 5.92 Å². The SMILES string of the molecule is C=C(Nc1ccc(C(C)CC[C@@H](C)c2ccc(C)cc2)cc1C)[C@@H](C)CCCC. The van der Waals surface area contributed by atoms with Crippen LogP contribution in [0.1, 0.15) is 93.9 Å². The molecule has 0 amide bonds. The summed E-state index contributed by atoms with van der Waals surface area (Å²) in [7, 11) is 0. The number of hydrogen-bond acceptors (Lipinski definition) is 1. The summed E-state index contributed by atoms with van der Waals surface area (Å²) in [4.78, 5) is 0. The van der Waals surface area contributed by atoms with E-state index in [1.807, 2.05) is 0 Å². The minimum atomic E-state index is 0.510. The Morgan fingerprint density at radius 1 is 0.862 bits per heavy atom. The number of unbranched alkanes of at least 4 members (excludes halogenated alkanes) is 1. The number of hydrogen-bond donors (Lipinski definition) is 1. The van der Waals surface area contributed by atoms with Crippen LogP contribution in [0.2, 0.25) is 0 Å². The second-order valence-electron chi connectivity index (χ2n) is 9.06. The molecule has 1 nitrogen and oxygen atoms in total. The molecule has 0 aliphatic rings. The first-order chi connectivity index (χ1) is 13.8. The Kier molecular flexibility index (Phi) is 9.01. The standard InChI is InChI=1S/C28H41N/c1-8-9-10-21(3)25(7)29-28-18-17-27(19-24(28)6)23(5)14-13-22(4)26-15-11-20(2)12-16-26/h11-12,15-19,21-23,29H,7-10,13-14H2,1-6H3/t21-,22+,23?/m0/s1. The second-order valence-corrected chi connectivity index (χ2v) is 9.06. The number of benzene rings is 2. The van der Waals surface area contributed by atoms with Crippen molar-refractivity contribution in [3.05, 3.63) is 77.0 Å². The maximum atomic E-state index is 4.27. The third kappa shape index (κ3) is 7.07. The van der Waals surface area contributed by atoms with Crippen molar-refractivity contribution in [3.63, 3.8) is 0 Å². The third-order valence-electron chi connectivity index (χ3n) is 6.38. The van der Waals surface area contributed by atoms with Gasteiger partial charge in [0.05, 0.1) is 0 Å². The van der Waals surface area contributed by atoms with Crippen molar-refractivity contribution in [2.75, 3.05) is 5.32 Å². The van der Waals surface area contributed by atoms with Crippen molar-refractivity contribution < 1.29 is 0 Å². The highest BCUT2D eigenvalue weighted by Gasteiger charge is 2.13. The molecular formula is C28H41N. The summed E-state index contributed by atoms with van der Waals surface area (Å²) in [6.45, 7) is 17.8. The van der Waals surface area contributed by atoms with Crippen molar-refractivity contribution in [2.45, 2.75) is 85.5 Å². The Morgan fingerprint density at radius 2 is 1.45 bits per heavy atom. The van der Waals surface area contributed by atoms with Crippen LogP contribution in [0.15, 0.2) is 54.7 Å². The van der Waals surface area contributed by atoms with Crippen molar-refractivity contribution in [3.8, 4) is 0 Å². The normalized spacial score (nSPS) is 14.3. The van der Waals surface area contributed by atoms with Gasteiger partial charge in [0.2, 0.25) is 0 Å². The van der Waals surface area contributed by atoms with Crippen LogP contribution >= 0.6 is 0 Å². The number of aryl methyl sites for hydroxylation is 2. The summed E-state index contributed by atoms with van der Waals surface area (Å²) in [5, 5.41) is 3.57. The largest absolute Gasteiger partial charge is 0.359 e. The number of allylic oxidation sites excluding steroid dienone is 1. The van der Waals surface area contributed by atoms with Crippen LogP contribution < -0.4 is 5.32 Å². The average molecular weight is 392 g/mol. The quantitative estimate of drug-likeness (QED) is 0.403. The van der Waals surface area contributed by atoms with Crippen LogP contribution in [0.3, 0.4) is 0 Å². The summed E-state index contributed by atoms with van der Waals surface area (Å²) in [6, 6.07) is 15.9. The van der Waals surface area contributed by atoms with Gasteiger partial charge in [-0.3, -0.25) is 0 Å². The van der Waals surface area contributed by atoms with Crippen molar-refractivity contribution in [1.29, 1.82) is 0 Å². The molecule has 3 atom stereocenters. The van der Waals surface area contributed by atoms with E-state index >= 15 is 0 Å². The van der Waals surface area contributed by atoms with E-state index < -0.39 is 0 Å². The lowest BCUT2D eigenvalue weighted by Gasteiger charge is -2.20. The van der Waals surface area contributed by atoms with Crippen molar-refractivity contribution >= 4 is 5.69 Å². The predicted molar refractivity (Wildman–Crippen MR) is 130 cm³/mol. The molecule has 0 spiro atoms. The first-order valence-electron chi connectivity index (χ1n) is 11.4. The van der Waals surface area contributed by atoms with E-state index in [1.165, 1.54) is 60.0 Å². The molecule has 2 rings (SSSR count). The van der Waals surface area contributed by atoms with Crippen LogP contribution in [0.25, 0.3) is 0 Å². The maximum Gasteiger partial charge on any atom is 0.0411 e. The Morgan fingerprint density at radius 3 is 2.03 bits per heavy atom. The molecule has 1 heteroatoms. The van der Waals surface area contributed by atoms with Gasteiger partial charge in [0.15, 0.2) is 0 Å². The Balaban J connectivity index is 1.92. The highest BCUT2D eigenvalue weighted by molar-refractivity contribution is 5.55. The summed E-state index contributed by atoms with van der Waals surface area (Å²) < 4.78 is 0. The topological polar surface area (TPSA) is 12.0 Å². The lowest BCUT2D eigenvalue weighted by Crippen LogP contribution is -2.09. The average Bonchev–Trinajstić information content (AvgIpc) is 2.71. The maximum absolute atomic E-state index is 4.27. The smallest absolute Gasteiger partial charge is 0.0411 e. The zero-order valence-corrected chi connectivity index (χ0v) is 19.5. The van der Waals surface area contributed by atoms with Crippen LogP contribution in [-0.2, 0) is 0 Å². The molecule has 0 radical (unpaired) electrons. The monoisotopic (exact) mass is 391 g/mol. The molecule has 158 valence electrons. The number of rotatable bonds is 11.